The van der Waals surface area contributed by atoms with Crippen molar-refractivity contribution in [1.82, 2.24) is 10.2 Å². The van der Waals surface area contributed by atoms with Gasteiger partial charge >= 0.3 is 0 Å². The van der Waals surface area contributed by atoms with Crippen LogP contribution in [0.5, 0.6) is 5.75 Å². The second kappa shape index (κ2) is 8.08. The lowest BCUT2D eigenvalue weighted by Crippen LogP contribution is -2.15. The smallest absolute Gasteiger partial charge is 0.276 e. The van der Waals surface area contributed by atoms with E-state index in [0.717, 1.165) is 17.1 Å². The highest BCUT2D eigenvalue weighted by atomic mass is 16.5. The van der Waals surface area contributed by atoms with Crippen molar-refractivity contribution in [3.05, 3.63) is 71.9 Å². The monoisotopic (exact) mass is 376 g/mol. The minimum Gasteiger partial charge on any atom is -0.497 e. The minimum atomic E-state index is -0.302. The number of nitrogens with zero attached hydrogens (tertiary/aromatic N) is 2. The number of hydrogen-bond acceptors (Lipinski definition) is 5. The third-order valence-corrected chi connectivity index (χ3v) is 4.25. The molecule has 0 radical (unpaired) electrons. The van der Waals surface area contributed by atoms with Gasteiger partial charge in [0, 0.05) is 17.4 Å². The Balaban J connectivity index is 1.65. The van der Waals surface area contributed by atoms with Gasteiger partial charge in [0.25, 0.3) is 5.91 Å². The van der Waals surface area contributed by atoms with Crippen molar-refractivity contribution in [2.75, 3.05) is 17.7 Å². The van der Waals surface area contributed by atoms with Gasteiger partial charge in [0.15, 0.2) is 11.5 Å². The first-order chi connectivity index (χ1) is 13.3. The SMILES string of the molecule is COc1cccc(Nc2ccc(C(=O)Nc3ccc(C(C)(C)C)cc3)nn2)c1. The van der Waals surface area contributed by atoms with Crippen LogP contribution in [-0.2, 0) is 5.41 Å². The summed E-state index contributed by atoms with van der Waals surface area (Å²) in [5.74, 6) is 0.981. The molecule has 0 atom stereocenters. The van der Waals surface area contributed by atoms with E-state index in [9.17, 15) is 4.79 Å². The van der Waals surface area contributed by atoms with Gasteiger partial charge in [-0.3, -0.25) is 4.79 Å². The highest BCUT2D eigenvalue weighted by molar-refractivity contribution is 6.02. The van der Waals surface area contributed by atoms with Gasteiger partial charge in [-0.15, -0.1) is 10.2 Å². The van der Waals surface area contributed by atoms with Crippen LogP contribution in [-0.4, -0.2) is 23.2 Å². The Morgan fingerprint density at radius 1 is 0.929 bits per heavy atom. The van der Waals surface area contributed by atoms with Crippen molar-refractivity contribution in [3.63, 3.8) is 0 Å². The Hall–Kier alpha value is -3.41. The van der Waals surface area contributed by atoms with Crippen molar-refractivity contribution in [2.45, 2.75) is 26.2 Å². The van der Waals surface area contributed by atoms with Crippen LogP contribution in [0.2, 0.25) is 0 Å². The number of methoxy groups -OCH3 is 1. The molecule has 6 heteroatoms. The zero-order valence-electron chi connectivity index (χ0n) is 16.5. The second-order valence-corrected chi connectivity index (χ2v) is 7.44. The molecule has 3 aromatic rings. The van der Waals surface area contributed by atoms with Gasteiger partial charge in [0.1, 0.15) is 5.75 Å². The Morgan fingerprint density at radius 2 is 1.68 bits per heavy atom. The topological polar surface area (TPSA) is 76.1 Å². The van der Waals surface area contributed by atoms with E-state index in [-0.39, 0.29) is 17.0 Å². The first-order valence-corrected chi connectivity index (χ1v) is 9.02. The van der Waals surface area contributed by atoms with Crippen LogP contribution in [0.4, 0.5) is 17.2 Å². The summed E-state index contributed by atoms with van der Waals surface area (Å²) in [4.78, 5) is 12.4. The fourth-order valence-electron chi connectivity index (χ4n) is 2.62. The van der Waals surface area contributed by atoms with E-state index < -0.39 is 0 Å². The lowest BCUT2D eigenvalue weighted by atomic mass is 9.87. The summed E-state index contributed by atoms with van der Waals surface area (Å²) in [5, 5.41) is 14.1. The fourth-order valence-corrected chi connectivity index (χ4v) is 2.62. The van der Waals surface area contributed by atoms with Gasteiger partial charge in [-0.1, -0.05) is 39.0 Å². The maximum atomic E-state index is 12.4. The lowest BCUT2D eigenvalue weighted by Gasteiger charge is -2.19. The summed E-state index contributed by atoms with van der Waals surface area (Å²) < 4.78 is 5.20. The van der Waals surface area contributed by atoms with E-state index in [0.29, 0.717) is 5.82 Å². The molecule has 3 rings (SSSR count). The van der Waals surface area contributed by atoms with Gasteiger partial charge in [-0.05, 0) is 47.4 Å². The van der Waals surface area contributed by atoms with E-state index in [1.165, 1.54) is 5.56 Å². The summed E-state index contributed by atoms with van der Waals surface area (Å²) in [6.45, 7) is 6.45. The molecule has 0 aliphatic rings. The van der Waals surface area contributed by atoms with Crippen LogP contribution in [0.3, 0.4) is 0 Å². The van der Waals surface area contributed by atoms with Crippen LogP contribution in [0, 0.1) is 0 Å². The lowest BCUT2D eigenvalue weighted by molar-refractivity contribution is 0.102. The summed E-state index contributed by atoms with van der Waals surface area (Å²) in [7, 11) is 1.61. The Morgan fingerprint density at radius 3 is 2.29 bits per heavy atom. The molecule has 6 nitrogen and oxygen atoms in total. The number of amides is 1. The molecule has 0 spiro atoms. The van der Waals surface area contributed by atoms with Crippen LogP contribution in [0.15, 0.2) is 60.7 Å². The van der Waals surface area contributed by atoms with E-state index >= 15 is 0 Å². The molecule has 0 unspecified atom stereocenters. The molecule has 0 aliphatic heterocycles. The van der Waals surface area contributed by atoms with Crippen LogP contribution in [0.25, 0.3) is 0 Å². The van der Waals surface area contributed by atoms with Crippen molar-refractivity contribution in [3.8, 4) is 5.75 Å². The molecule has 28 heavy (non-hydrogen) atoms. The van der Waals surface area contributed by atoms with Crippen LogP contribution >= 0.6 is 0 Å². The molecule has 1 aromatic heterocycles. The average Bonchev–Trinajstić information content (AvgIpc) is 2.68. The summed E-state index contributed by atoms with van der Waals surface area (Å²) in [6.07, 6.45) is 0. The Bertz CT molecular complexity index is 946. The van der Waals surface area contributed by atoms with Gasteiger partial charge in [-0.2, -0.15) is 0 Å². The number of anilines is 3. The number of ether oxygens (including phenoxy) is 1. The fraction of sp³-hybridized carbons (Fsp3) is 0.227. The molecular formula is C22H24N4O2. The largest absolute Gasteiger partial charge is 0.497 e. The average molecular weight is 376 g/mol. The summed E-state index contributed by atoms with van der Waals surface area (Å²) in [5.41, 5.74) is 3.07. The van der Waals surface area contributed by atoms with Gasteiger partial charge in [-0.25, -0.2) is 0 Å². The molecule has 0 saturated carbocycles. The number of carbonyl (C=O) groups is 1. The Kier molecular flexibility index (Phi) is 5.59. The number of nitrogens with one attached hydrogen (secondary N) is 2. The predicted molar refractivity (Wildman–Crippen MR) is 111 cm³/mol. The van der Waals surface area contributed by atoms with Gasteiger partial charge < -0.3 is 15.4 Å². The first kappa shape index (κ1) is 19.4. The van der Waals surface area contributed by atoms with E-state index in [4.69, 9.17) is 4.74 Å². The number of carbonyl (C=O) groups excluding carboxylic acids is 1. The Labute approximate surface area is 165 Å². The molecule has 0 fully saturated rings. The first-order valence-electron chi connectivity index (χ1n) is 9.02. The van der Waals surface area contributed by atoms with Crippen LogP contribution < -0.4 is 15.4 Å². The molecule has 2 N–H and O–H groups in total. The quantitative estimate of drug-likeness (QED) is 0.670. The molecule has 144 valence electrons. The molecule has 1 heterocycles. The molecule has 0 bridgehead atoms. The standard InChI is InChI=1S/C22H24N4O2/c1-22(2,3)15-8-10-16(11-9-15)24-21(27)19-12-13-20(26-25-19)23-17-6-5-7-18(14-17)28-4/h5-14H,1-4H3,(H,23,26)(H,24,27). The van der Waals surface area contributed by atoms with Crippen molar-refractivity contribution >= 4 is 23.1 Å². The molecular weight excluding hydrogens is 352 g/mol. The third kappa shape index (κ3) is 4.85. The zero-order valence-corrected chi connectivity index (χ0v) is 16.5. The van der Waals surface area contributed by atoms with Crippen LogP contribution in [0.1, 0.15) is 36.8 Å². The minimum absolute atomic E-state index is 0.0691. The van der Waals surface area contributed by atoms with Crippen molar-refractivity contribution < 1.29 is 9.53 Å². The number of benzene rings is 2. The maximum absolute atomic E-state index is 12.4. The summed E-state index contributed by atoms with van der Waals surface area (Å²) >= 11 is 0. The van der Waals surface area contributed by atoms with E-state index in [2.05, 4.69) is 41.6 Å². The number of rotatable bonds is 5. The van der Waals surface area contributed by atoms with Crippen molar-refractivity contribution in [1.29, 1.82) is 0 Å². The second-order valence-electron chi connectivity index (χ2n) is 7.44. The van der Waals surface area contributed by atoms with E-state index in [1.54, 1.807) is 19.2 Å². The van der Waals surface area contributed by atoms with Crippen molar-refractivity contribution in [2.24, 2.45) is 0 Å². The predicted octanol–water partition coefficient (Wildman–Crippen LogP) is 4.78. The van der Waals surface area contributed by atoms with E-state index in [1.807, 2.05) is 48.5 Å². The number of hydrogen-bond donors (Lipinski definition) is 2. The molecule has 0 aliphatic carbocycles. The van der Waals surface area contributed by atoms with Gasteiger partial charge in [0.2, 0.25) is 0 Å². The number of aromatic nitrogens is 2. The summed E-state index contributed by atoms with van der Waals surface area (Å²) in [6, 6.07) is 18.6. The maximum Gasteiger partial charge on any atom is 0.276 e. The third-order valence-electron chi connectivity index (χ3n) is 4.25. The highest BCUT2D eigenvalue weighted by Gasteiger charge is 2.14. The molecule has 2 aromatic carbocycles. The molecule has 1 amide bonds. The highest BCUT2D eigenvalue weighted by Crippen LogP contribution is 2.24. The molecule has 0 saturated heterocycles. The van der Waals surface area contributed by atoms with Gasteiger partial charge in [0.05, 0.1) is 7.11 Å². The zero-order chi connectivity index (χ0) is 20.1. The normalized spacial score (nSPS) is 11.0.